The second-order valence-corrected chi connectivity index (χ2v) is 4.78. The Balaban J connectivity index is 2.28. The average Bonchev–Trinajstić information content (AvgIpc) is 2.39. The molecule has 1 aliphatic rings. The lowest BCUT2D eigenvalue weighted by molar-refractivity contribution is -0.129. The molecule has 0 aliphatic carbocycles. The average molecular weight is 272 g/mol. The largest absolute Gasteiger partial charge is 0.383 e. The first-order valence-electron chi connectivity index (χ1n) is 6.58. The maximum atomic E-state index is 11.9. The van der Waals surface area contributed by atoms with E-state index in [2.05, 4.69) is 21.3 Å². The minimum atomic E-state index is -0.550. The summed E-state index contributed by atoms with van der Waals surface area (Å²) in [5.74, 6) is -0.365. The standard InChI is InChI=1S/C12H24N4O3/c1-8-6-15-10(7-14-8)12(18)16-9(2)11(17)13-4-5-19-3/h8-10,14-15H,4-7H2,1-3H3,(H,13,17)(H,16,18). The first-order chi connectivity index (χ1) is 9.04. The molecular weight excluding hydrogens is 248 g/mol. The van der Waals surface area contributed by atoms with Gasteiger partial charge in [-0.3, -0.25) is 9.59 Å². The van der Waals surface area contributed by atoms with Crippen LogP contribution in [0.1, 0.15) is 13.8 Å². The first kappa shape index (κ1) is 15.9. The summed E-state index contributed by atoms with van der Waals surface area (Å²) in [4.78, 5) is 23.6. The molecule has 1 aliphatic heterocycles. The zero-order valence-electron chi connectivity index (χ0n) is 11.8. The summed E-state index contributed by atoms with van der Waals surface area (Å²) in [7, 11) is 1.57. The molecular formula is C12H24N4O3. The summed E-state index contributed by atoms with van der Waals surface area (Å²) < 4.78 is 4.84. The summed E-state index contributed by atoms with van der Waals surface area (Å²) in [6, 6.07) is -0.477. The molecule has 1 saturated heterocycles. The van der Waals surface area contributed by atoms with E-state index >= 15 is 0 Å². The number of hydrogen-bond donors (Lipinski definition) is 4. The van der Waals surface area contributed by atoms with E-state index in [1.165, 1.54) is 0 Å². The van der Waals surface area contributed by atoms with E-state index in [1.54, 1.807) is 14.0 Å². The Morgan fingerprint density at radius 2 is 2.11 bits per heavy atom. The zero-order chi connectivity index (χ0) is 14.3. The maximum absolute atomic E-state index is 11.9. The number of carbonyl (C=O) groups is 2. The van der Waals surface area contributed by atoms with E-state index in [0.717, 1.165) is 6.54 Å². The van der Waals surface area contributed by atoms with Crippen LogP contribution < -0.4 is 21.3 Å². The fraction of sp³-hybridized carbons (Fsp3) is 0.833. The fourth-order valence-electron chi connectivity index (χ4n) is 1.78. The fourth-order valence-corrected chi connectivity index (χ4v) is 1.78. The Labute approximate surface area is 113 Å². The maximum Gasteiger partial charge on any atom is 0.242 e. The molecule has 0 spiro atoms. The summed E-state index contributed by atoms with van der Waals surface area (Å²) in [6.45, 7) is 5.93. The van der Waals surface area contributed by atoms with Crippen LogP contribution in [0.25, 0.3) is 0 Å². The monoisotopic (exact) mass is 272 g/mol. The van der Waals surface area contributed by atoms with Crippen LogP contribution in [0, 0.1) is 0 Å². The van der Waals surface area contributed by atoms with E-state index in [-0.39, 0.29) is 17.9 Å². The normalized spacial score (nSPS) is 24.6. The van der Waals surface area contributed by atoms with Crippen molar-refractivity contribution in [2.75, 3.05) is 33.4 Å². The van der Waals surface area contributed by atoms with Gasteiger partial charge in [-0.15, -0.1) is 0 Å². The van der Waals surface area contributed by atoms with E-state index in [0.29, 0.717) is 25.7 Å². The summed E-state index contributed by atoms with van der Waals surface area (Å²) in [5.41, 5.74) is 0. The van der Waals surface area contributed by atoms with E-state index in [4.69, 9.17) is 4.74 Å². The van der Waals surface area contributed by atoms with Crippen LogP contribution in [0.3, 0.4) is 0 Å². The number of nitrogens with one attached hydrogen (secondary N) is 4. The lowest BCUT2D eigenvalue weighted by Crippen LogP contribution is -2.60. The molecule has 2 amide bonds. The Kier molecular flexibility index (Phi) is 6.75. The molecule has 19 heavy (non-hydrogen) atoms. The summed E-state index contributed by atoms with van der Waals surface area (Å²) in [5, 5.41) is 11.7. The van der Waals surface area contributed by atoms with Gasteiger partial charge < -0.3 is 26.0 Å². The number of methoxy groups -OCH3 is 1. The van der Waals surface area contributed by atoms with E-state index < -0.39 is 6.04 Å². The highest BCUT2D eigenvalue weighted by atomic mass is 16.5. The number of piperazine rings is 1. The Hall–Kier alpha value is -1.18. The van der Waals surface area contributed by atoms with Gasteiger partial charge in [0.15, 0.2) is 0 Å². The number of amides is 2. The molecule has 7 heteroatoms. The number of ether oxygens (including phenoxy) is 1. The topological polar surface area (TPSA) is 91.5 Å². The zero-order valence-corrected chi connectivity index (χ0v) is 11.8. The Morgan fingerprint density at radius 1 is 1.37 bits per heavy atom. The summed E-state index contributed by atoms with van der Waals surface area (Å²) >= 11 is 0. The third kappa shape index (κ3) is 5.54. The molecule has 7 nitrogen and oxygen atoms in total. The van der Waals surface area contributed by atoms with Crippen molar-refractivity contribution in [1.29, 1.82) is 0 Å². The van der Waals surface area contributed by atoms with Crippen LogP contribution in [0.4, 0.5) is 0 Å². The van der Waals surface area contributed by atoms with Crippen molar-refractivity contribution < 1.29 is 14.3 Å². The van der Waals surface area contributed by atoms with Gasteiger partial charge in [-0.05, 0) is 13.8 Å². The van der Waals surface area contributed by atoms with Gasteiger partial charge in [-0.2, -0.15) is 0 Å². The van der Waals surface area contributed by atoms with Crippen molar-refractivity contribution in [3.63, 3.8) is 0 Å². The van der Waals surface area contributed by atoms with Gasteiger partial charge in [-0.25, -0.2) is 0 Å². The third-order valence-corrected chi connectivity index (χ3v) is 3.01. The molecule has 3 unspecified atom stereocenters. The van der Waals surface area contributed by atoms with Gasteiger partial charge in [0.1, 0.15) is 6.04 Å². The SMILES string of the molecule is COCCNC(=O)C(C)NC(=O)C1CNC(C)CN1. The van der Waals surface area contributed by atoms with Gasteiger partial charge >= 0.3 is 0 Å². The smallest absolute Gasteiger partial charge is 0.242 e. The van der Waals surface area contributed by atoms with Crippen LogP contribution >= 0.6 is 0 Å². The number of rotatable bonds is 6. The van der Waals surface area contributed by atoms with Crippen LogP contribution in [0.2, 0.25) is 0 Å². The van der Waals surface area contributed by atoms with Crippen LogP contribution in [0.15, 0.2) is 0 Å². The molecule has 0 aromatic rings. The van der Waals surface area contributed by atoms with Crippen LogP contribution in [-0.2, 0) is 14.3 Å². The summed E-state index contributed by atoms with van der Waals surface area (Å²) in [6.07, 6.45) is 0. The molecule has 3 atom stereocenters. The number of carbonyl (C=O) groups excluding carboxylic acids is 2. The predicted molar refractivity (Wildman–Crippen MR) is 71.7 cm³/mol. The second-order valence-electron chi connectivity index (χ2n) is 4.78. The molecule has 4 N–H and O–H groups in total. The lowest BCUT2D eigenvalue weighted by atomic mass is 10.1. The van der Waals surface area contributed by atoms with Crippen molar-refractivity contribution in [2.24, 2.45) is 0 Å². The highest BCUT2D eigenvalue weighted by Crippen LogP contribution is 1.94. The van der Waals surface area contributed by atoms with Crippen LogP contribution in [-0.4, -0.2) is 63.3 Å². The molecule has 110 valence electrons. The van der Waals surface area contributed by atoms with Gasteiger partial charge in [0.25, 0.3) is 0 Å². The molecule has 1 fully saturated rings. The van der Waals surface area contributed by atoms with E-state index in [1.807, 2.05) is 6.92 Å². The van der Waals surface area contributed by atoms with Gasteiger partial charge in [0.2, 0.25) is 11.8 Å². The quantitative estimate of drug-likeness (QED) is 0.428. The van der Waals surface area contributed by atoms with Gasteiger partial charge in [-0.1, -0.05) is 0 Å². The number of hydrogen-bond acceptors (Lipinski definition) is 5. The molecule has 0 aromatic carbocycles. The minimum absolute atomic E-state index is 0.159. The molecule has 1 rings (SSSR count). The van der Waals surface area contributed by atoms with Crippen molar-refractivity contribution in [2.45, 2.75) is 32.0 Å². The molecule has 0 saturated carbocycles. The van der Waals surface area contributed by atoms with Crippen molar-refractivity contribution in [3.8, 4) is 0 Å². The predicted octanol–water partition coefficient (Wildman–Crippen LogP) is -1.80. The van der Waals surface area contributed by atoms with Gasteiger partial charge in [0, 0.05) is 32.8 Å². The van der Waals surface area contributed by atoms with Crippen molar-refractivity contribution in [1.82, 2.24) is 21.3 Å². The third-order valence-electron chi connectivity index (χ3n) is 3.01. The van der Waals surface area contributed by atoms with Gasteiger partial charge in [0.05, 0.1) is 12.6 Å². The molecule has 0 aromatic heterocycles. The second kappa shape index (κ2) is 8.08. The van der Waals surface area contributed by atoms with Crippen LogP contribution in [0.5, 0.6) is 0 Å². The molecule has 0 radical (unpaired) electrons. The van der Waals surface area contributed by atoms with Crippen molar-refractivity contribution in [3.05, 3.63) is 0 Å². The highest BCUT2D eigenvalue weighted by molar-refractivity contribution is 5.89. The Morgan fingerprint density at radius 3 is 2.68 bits per heavy atom. The van der Waals surface area contributed by atoms with Crippen molar-refractivity contribution >= 4 is 11.8 Å². The highest BCUT2D eigenvalue weighted by Gasteiger charge is 2.25. The lowest BCUT2D eigenvalue weighted by Gasteiger charge is -2.29. The Bertz CT molecular complexity index is 303. The minimum Gasteiger partial charge on any atom is -0.383 e. The molecule has 1 heterocycles. The van der Waals surface area contributed by atoms with E-state index in [9.17, 15) is 9.59 Å². The first-order valence-corrected chi connectivity index (χ1v) is 6.58. The molecule has 0 bridgehead atoms.